The van der Waals surface area contributed by atoms with E-state index in [4.69, 9.17) is 10.5 Å². The zero-order valence-corrected chi connectivity index (χ0v) is 8.79. The van der Waals surface area contributed by atoms with Crippen molar-refractivity contribution in [2.24, 2.45) is 5.73 Å². The highest BCUT2D eigenvalue weighted by atomic mass is 16.5. The topological polar surface area (TPSA) is 64.3 Å². The third-order valence-electron chi connectivity index (χ3n) is 1.62. The zero-order chi connectivity index (χ0) is 10.6. The normalized spacial score (nSPS) is 10.7. The predicted octanol–water partition coefficient (Wildman–Crippen LogP) is 0.434. The first-order valence-electron chi connectivity index (χ1n) is 5.00. The van der Waals surface area contributed by atoms with Crippen LogP contribution in [0, 0.1) is 0 Å². The molecule has 0 aliphatic heterocycles. The Morgan fingerprint density at radius 3 is 2.93 bits per heavy atom. The van der Waals surface area contributed by atoms with E-state index in [-0.39, 0.29) is 5.91 Å². The Hall–Kier alpha value is -0.870. The molecular weight excluding hydrogens is 180 g/mol. The number of carbonyl (C=O) groups is 1. The van der Waals surface area contributed by atoms with Crippen molar-refractivity contribution in [3.63, 3.8) is 0 Å². The second-order valence-corrected chi connectivity index (χ2v) is 2.81. The summed E-state index contributed by atoms with van der Waals surface area (Å²) >= 11 is 0. The summed E-state index contributed by atoms with van der Waals surface area (Å²) < 4.78 is 5.12. The summed E-state index contributed by atoms with van der Waals surface area (Å²) in [5.41, 5.74) is 5.24. The van der Waals surface area contributed by atoms with Crippen LogP contribution in [-0.4, -0.2) is 32.2 Å². The first-order chi connectivity index (χ1) is 6.81. The molecule has 0 saturated heterocycles. The Bertz CT molecular complexity index is 170. The van der Waals surface area contributed by atoms with Gasteiger partial charge in [0.25, 0.3) is 0 Å². The molecule has 0 heterocycles. The average molecular weight is 200 g/mol. The number of amides is 1. The largest absolute Gasteiger partial charge is 0.382 e. The molecule has 0 unspecified atom stereocenters. The molecule has 4 heteroatoms. The van der Waals surface area contributed by atoms with Gasteiger partial charge in [-0.3, -0.25) is 4.79 Å². The third-order valence-corrected chi connectivity index (χ3v) is 1.62. The summed E-state index contributed by atoms with van der Waals surface area (Å²) in [5, 5.41) is 2.76. The van der Waals surface area contributed by atoms with Gasteiger partial charge in [-0.05, 0) is 13.3 Å². The van der Waals surface area contributed by atoms with E-state index in [1.807, 2.05) is 19.1 Å². The fourth-order valence-corrected chi connectivity index (χ4v) is 0.920. The van der Waals surface area contributed by atoms with Crippen LogP contribution in [0.3, 0.4) is 0 Å². The van der Waals surface area contributed by atoms with Crippen molar-refractivity contribution in [3.8, 4) is 0 Å². The lowest BCUT2D eigenvalue weighted by atomic mass is 10.3. The summed E-state index contributed by atoms with van der Waals surface area (Å²) in [6.45, 7) is 4.38. The van der Waals surface area contributed by atoms with Gasteiger partial charge in [-0.25, -0.2) is 0 Å². The van der Waals surface area contributed by atoms with E-state index in [1.165, 1.54) is 0 Å². The Morgan fingerprint density at radius 1 is 1.50 bits per heavy atom. The van der Waals surface area contributed by atoms with Gasteiger partial charge in [0.2, 0.25) is 5.91 Å². The second kappa shape index (κ2) is 10.2. The number of nitrogens with one attached hydrogen (secondary N) is 1. The highest BCUT2D eigenvalue weighted by Gasteiger charge is 1.97. The van der Waals surface area contributed by atoms with Crippen molar-refractivity contribution in [1.29, 1.82) is 0 Å². The van der Waals surface area contributed by atoms with Gasteiger partial charge in [0, 0.05) is 32.7 Å². The summed E-state index contributed by atoms with van der Waals surface area (Å²) in [7, 11) is 0. The lowest BCUT2D eigenvalue weighted by Crippen LogP contribution is -2.23. The Labute approximate surface area is 85.5 Å². The first kappa shape index (κ1) is 13.1. The van der Waals surface area contributed by atoms with Crippen molar-refractivity contribution in [2.45, 2.75) is 19.8 Å². The maximum atomic E-state index is 11.1. The van der Waals surface area contributed by atoms with Crippen molar-refractivity contribution >= 4 is 5.91 Å². The van der Waals surface area contributed by atoms with Gasteiger partial charge in [-0.1, -0.05) is 12.2 Å². The van der Waals surface area contributed by atoms with E-state index in [9.17, 15) is 4.79 Å². The fourth-order valence-electron chi connectivity index (χ4n) is 0.920. The Kier molecular flexibility index (Phi) is 9.58. The van der Waals surface area contributed by atoms with Gasteiger partial charge in [-0.2, -0.15) is 0 Å². The van der Waals surface area contributed by atoms with Crippen LogP contribution in [0.25, 0.3) is 0 Å². The highest BCUT2D eigenvalue weighted by Crippen LogP contribution is 1.89. The van der Waals surface area contributed by atoms with E-state index in [0.29, 0.717) is 32.7 Å². The first-order valence-corrected chi connectivity index (χ1v) is 5.00. The van der Waals surface area contributed by atoms with Crippen LogP contribution < -0.4 is 11.1 Å². The molecule has 0 atom stereocenters. The molecule has 0 fully saturated rings. The molecule has 0 aromatic heterocycles. The van der Waals surface area contributed by atoms with Gasteiger partial charge in [0.05, 0.1) is 0 Å². The zero-order valence-electron chi connectivity index (χ0n) is 8.79. The van der Waals surface area contributed by atoms with Crippen LogP contribution in [0.5, 0.6) is 0 Å². The van der Waals surface area contributed by atoms with Crippen LogP contribution >= 0.6 is 0 Å². The number of hydrogen-bond donors (Lipinski definition) is 2. The predicted molar refractivity (Wildman–Crippen MR) is 56.9 cm³/mol. The van der Waals surface area contributed by atoms with Crippen LogP contribution in [-0.2, 0) is 9.53 Å². The molecule has 3 N–H and O–H groups in total. The minimum Gasteiger partial charge on any atom is -0.382 e. The van der Waals surface area contributed by atoms with Crippen molar-refractivity contribution < 1.29 is 9.53 Å². The van der Waals surface area contributed by atoms with Gasteiger partial charge in [0.1, 0.15) is 0 Å². The fraction of sp³-hybridized carbons (Fsp3) is 0.700. The standard InChI is InChI=1S/C10H20N2O2/c1-2-14-9-5-6-10(13)12-8-4-3-7-11/h3-4H,2,5-9,11H2,1H3,(H,12,13)/b4-3+. The molecule has 0 radical (unpaired) electrons. The molecule has 4 nitrogen and oxygen atoms in total. The number of nitrogens with two attached hydrogens (primary N) is 1. The summed E-state index contributed by atoms with van der Waals surface area (Å²) in [6.07, 6.45) is 4.97. The van der Waals surface area contributed by atoms with E-state index < -0.39 is 0 Å². The van der Waals surface area contributed by atoms with E-state index >= 15 is 0 Å². The SMILES string of the molecule is CCOCCCC(=O)NC/C=C/CN. The molecule has 0 aromatic rings. The summed E-state index contributed by atoms with van der Waals surface area (Å²) in [5.74, 6) is 0.0615. The molecule has 0 aromatic carbocycles. The lowest BCUT2D eigenvalue weighted by Gasteiger charge is -2.02. The maximum absolute atomic E-state index is 11.1. The van der Waals surface area contributed by atoms with Crippen LogP contribution in [0.4, 0.5) is 0 Å². The second-order valence-electron chi connectivity index (χ2n) is 2.81. The van der Waals surface area contributed by atoms with Gasteiger partial charge in [0.15, 0.2) is 0 Å². The van der Waals surface area contributed by atoms with E-state index in [0.717, 1.165) is 6.42 Å². The molecule has 0 rings (SSSR count). The Balaban J connectivity index is 3.24. The third kappa shape index (κ3) is 9.22. The van der Waals surface area contributed by atoms with E-state index in [1.54, 1.807) is 0 Å². The van der Waals surface area contributed by atoms with Crippen LogP contribution in [0.2, 0.25) is 0 Å². The number of carbonyl (C=O) groups excluding carboxylic acids is 1. The minimum absolute atomic E-state index is 0.0615. The van der Waals surface area contributed by atoms with Crippen LogP contribution in [0.1, 0.15) is 19.8 Å². The molecular formula is C10H20N2O2. The van der Waals surface area contributed by atoms with Crippen LogP contribution in [0.15, 0.2) is 12.2 Å². The molecule has 0 aliphatic rings. The van der Waals surface area contributed by atoms with E-state index in [2.05, 4.69) is 5.32 Å². The minimum atomic E-state index is 0.0615. The maximum Gasteiger partial charge on any atom is 0.220 e. The molecule has 82 valence electrons. The molecule has 0 spiro atoms. The van der Waals surface area contributed by atoms with Gasteiger partial charge >= 0.3 is 0 Å². The molecule has 0 saturated carbocycles. The van der Waals surface area contributed by atoms with Gasteiger partial charge in [-0.15, -0.1) is 0 Å². The Morgan fingerprint density at radius 2 is 2.29 bits per heavy atom. The molecule has 0 bridgehead atoms. The summed E-state index contributed by atoms with van der Waals surface area (Å²) in [4.78, 5) is 11.1. The molecule has 1 amide bonds. The average Bonchev–Trinajstić information content (AvgIpc) is 2.19. The van der Waals surface area contributed by atoms with Crippen molar-refractivity contribution in [2.75, 3.05) is 26.3 Å². The smallest absolute Gasteiger partial charge is 0.220 e. The quantitative estimate of drug-likeness (QED) is 0.441. The summed E-state index contributed by atoms with van der Waals surface area (Å²) in [6, 6.07) is 0. The van der Waals surface area contributed by atoms with Crippen molar-refractivity contribution in [1.82, 2.24) is 5.32 Å². The number of rotatable bonds is 8. The highest BCUT2D eigenvalue weighted by molar-refractivity contribution is 5.75. The monoisotopic (exact) mass is 200 g/mol. The number of hydrogen-bond acceptors (Lipinski definition) is 3. The van der Waals surface area contributed by atoms with Gasteiger partial charge < -0.3 is 15.8 Å². The van der Waals surface area contributed by atoms with Crippen molar-refractivity contribution in [3.05, 3.63) is 12.2 Å². The molecule has 0 aliphatic carbocycles. The molecule has 14 heavy (non-hydrogen) atoms. The lowest BCUT2D eigenvalue weighted by molar-refractivity contribution is -0.121. The number of ether oxygens (including phenoxy) is 1.